The predicted molar refractivity (Wildman–Crippen MR) is 130 cm³/mol. The lowest BCUT2D eigenvalue weighted by Crippen LogP contribution is -2.47. The molecule has 0 aliphatic heterocycles. The minimum absolute atomic E-state index is 0.144. The molecule has 0 amide bonds. The van der Waals surface area contributed by atoms with Gasteiger partial charge in [0.25, 0.3) is 0 Å². The van der Waals surface area contributed by atoms with Crippen LogP contribution in [0.4, 0.5) is 0 Å². The van der Waals surface area contributed by atoms with Gasteiger partial charge < -0.3 is 4.74 Å². The monoisotopic (exact) mass is 454 g/mol. The van der Waals surface area contributed by atoms with E-state index in [1.165, 1.54) is 12.5 Å². The SMILES string of the molecule is CC(=O)[C@@](C)(Cc1ccc(Cl)cc1)C(=O)O[C@@H]1C[C@H](C)CC[C@H]1C(C)(C)c1ccccc1. The fourth-order valence-corrected chi connectivity index (χ4v) is 5.11. The quantitative estimate of drug-likeness (QED) is 0.341. The molecule has 0 saturated heterocycles. The average Bonchev–Trinajstić information content (AvgIpc) is 2.75. The predicted octanol–water partition coefficient (Wildman–Crippen LogP) is 6.80. The van der Waals surface area contributed by atoms with Gasteiger partial charge in [0.1, 0.15) is 17.3 Å². The number of ketones is 1. The summed E-state index contributed by atoms with van der Waals surface area (Å²) in [6.07, 6.45) is 3.01. The smallest absolute Gasteiger partial charge is 0.319 e. The molecule has 1 saturated carbocycles. The fourth-order valence-electron chi connectivity index (χ4n) is 4.98. The second-order valence-electron chi connectivity index (χ2n) is 10.2. The van der Waals surface area contributed by atoms with Crippen molar-refractivity contribution in [3.8, 4) is 0 Å². The van der Waals surface area contributed by atoms with Gasteiger partial charge in [-0.2, -0.15) is 0 Å². The zero-order chi connectivity index (χ0) is 23.5. The zero-order valence-corrected chi connectivity index (χ0v) is 20.6. The van der Waals surface area contributed by atoms with Crippen LogP contribution in [-0.4, -0.2) is 17.9 Å². The summed E-state index contributed by atoms with van der Waals surface area (Å²) in [5.74, 6) is 0.0698. The van der Waals surface area contributed by atoms with Crippen LogP contribution >= 0.6 is 11.6 Å². The highest BCUT2D eigenvalue weighted by Crippen LogP contribution is 2.44. The second-order valence-corrected chi connectivity index (χ2v) is 10.7. The van der Waals surface area contributed by atoms with Crippen LogP contribution in [0, 0.1) is 17.3 Å². The normalized spacial score (nSPS) is 23.2. The van der Waals surface area contributed by atoms with Gasteiger partial charge in [-0.05, 0) is 67.7 Å². The van der Waals surface area contributed by atoms with Crippen molar-refractivity contribution in [1.29, 1.82) is 0 Å². The minimum Gasteiger partial charge on any atom is -0.461 e. The van der Waals surface area contributed by atoms with E-state index in [9.17, 15) is 9.59 Å². The standard InChI is InChI=1S/C28H35ClO3/c1-19-11-16-24(27(3,4)22-9-7-6-8-10-22)25(17-19)32-26(31)28(5,20(2)30)18-21-12-14-23(29)15-13-21/h6-10,12-15,19,24-25H,11,16-18H2,1-5H3/t19-,24-,25-,28-/m1/s1. The molecule has 3 rings (SSSR count). The number of hydrogen-bond donors (Lipinski definition) is 0. The lowest BCUT2D eigenvalue weighted by Gasteiger charge is -2.44. The zero-order valence-electron chi connectivity index (χ0n) is 19.9. The van der Waals surface area contributed by atoms with Crippen LogP contribution in [0.15, 0.2) is 54.6 Å². The van der Waals surface area contributed by atoms with Gasteiger partial charge in [0.2, 0.25) is 0 Å². The molecule has 0 spiro atoms. The van der Waals surface area contributed by atoms with Crippen LogP contribution in [0.2, 0.25) is 5.02 Å². The van der Waals surface area contributed by atoms with Crippen molar-refractivity contribution >= 4 is 23.4 Å². The van der Waals surface area contributed by atoms with E-state index in [-0.39, 0.29) is 23.2 Å². The van der Waals surface area contributed by atoms with Crippen molar-refractivity contribution in [1.82, 2.24) is 0 Å². The molecule has 3 nitrogen and oxygen atoms in total. The average molecular weight is 455 g/mol. The van der Waals surface area contributed by atoms with Gasteiger partial charge in [-0.15, -0.1) is 0 Å². The first-order valence-electron chi connectivity index (χ1n) is 11.6. The number of carbonyl (C=O) groups is 2. The number of esters is 1. The molecular weight excluding hydrogens is 420 g/mol. The topological polar surface area (TPSA) is 43.4 Å². The van der Waals surface area contributed by atoms with Gasteiger partial charge in [0.15, 0.2) is 0 Å². The van der Waals surface area contributed by atoms with Crippen molar-refractivity contribution in [2.75, 3.05) is 0 Å². The number of rotatable bonds is 7. The maximum atomic E-state index is 13.5. The van der Waals surface area contributed by atoms with E-state index in [1.807, 2.05) is 18.2 Å². The number of carbonyl (C=O) groups excluding carboxylic acids is 2. The van der Waals surface area contributed by atoms with Crippen molar-refractivity contribution < 1.29 is 14.3 Å². The Balaban J connectivity index is 1.85. The largest absolute Gasteiger partial charge is 0.461 e. The molecule has 1 aliphatic carbocycles. The molecule has 0 radical (unpaired) electrons. The molecule has 2 aromatic carbocycles. The van der Waals surface area contributed by atoms with E-state index in [0.29, 0.717) is 17.4 Å². The Labute approximate surface area is 197 Å². The maximum absolute atomic E-state index is 13.5. The van der Waals surface area contributed by atoms with Gasteiger partial charge in [0.05, 0.1) is 0 Å². The molecule has 0 aromatic heterocycles. The molecular formula is C28H35ClO3. The number of hydrogen-bond acceptors (Lipinski definition) is 3. The Morgan fingerprint density at radius 3 is 2.22 bits per heavy atom. The highest BCUT2D eigenvalue weighted by atomic mass is 35.5. The van der Waals surface area contributed by atoms with Gasteiger partial charge in [-0.3, -0.25) is 9.59 Å². The Hall–Kier alpha value is -2.13. The third-order valence-corrected chi connectivity index (χ3v) is 7.71. The number of Topliss-reactive ketones (excluding diaryl/α,β-unsaturated/α-hetero) is 1. The summed E-state index contributed by atoms with van der Waals surface area (Å²) in [5, 5.41) is 0.628. The summed E-state index contributed by atoms with van der Waals surface area (Å²) >= 11 is 6.00. The molecule has 2 aromatic rings. The van der Waals surface area contributed by atoms with E-state index < -0.39 is 11.4 Å². The first-order chi connectivity index (χ1) is 15.0. The number of halogens is 1. The number of ether oxygens (including phenoxy) is 1. The molecule has 0 bridgehead atoms. The van der Waals surface area contributed by atoms with Gasteiger partial charge in [-0.25, -0.2) is 0 Å². The Kier molecular flexibility index (Phi) is 7.50. The van der Waals surface area contributed by atoms with Crippen LogP contribution in [0.25, 0.3) is 0 Å². The van der Waals surface area contributed by atoms with Gasteiger partial charge in [0, 0.05) is 10.9 Å². The molecule has 1 fully saturated rings. The summed E-state index contributed by atoms with van der Waals surface area (Å²) in [6.45, 7) is 9.87. The Bertz CT molecular complexity index is 935. The van der Waals surface area contributed by atoms with E-state index >= 15 is 0 Å². The minimum atomic E-state index is -1.23. The summed E-state index contributed by atoms with van der Waals surface area (Å²) in [7, 11) is 0. The third kappa shape index (κ3) is 5.26. The number of benzene rings is 2. The lowest BCUT2D eigenvalue weighted by atomic mass is 9.64. The van der Waals surface area contributed by atoms with Crippen molar-refractivity contribution in [2.45, 2.75) is 71.8 Å². The van der Waals surface area contributed by atoms with Crippen molar-refractivity contribution in [3.63, 3.8) is 0 Å². The summed E-state index contributed by atoms with van der Waals surface area (Å²) in [6, 6.07) is 17.7. The van der Waals surface area contributed by atoms with E-state index in [1.54, 1.807) is 19.1 Å². The van der Waals surface area contributed by atoms with Crippen molar-refractivity contribution in [2.24, 2.45) is 17.3 Å². The lowest BCUT2D eigenvalue weighted by molar-refractivity contribution is -0.170. The Morgan fingerprint density at radius 1 is 1.00 bits per heavy atom. The summed E-state index contributed by atoms with van der Waals surface area (Å²) in [5.41, 5.74) is 0.767. The highest BCUT2D eigenvalue weighted by molar-refractivity contribution is 6.30. The molecule has 32 heavy (non-hydrogen) atoms. The van der Waals surface area contributed by atoms with Gasteiger partial charge >= 0.3 is 5.97 Å². The summed E-state index contributed by atoms with van der Waals surface area (Å²) in [4.78, 5) is 26.2. The van der Waals surface area contributed by atoms with Crippen molar-refractivity contribution in [3.05, 3.63) is 70.7 Å². The molecule has 0 heterocycles. The summed E-state index contributed by atoms with van der Waals surface area (Å²) < 4.78 is 6.22. The second kappa shape index (κ2) is 9.79. The van der Waals surface area contributed by atoms with Crippen LogP contribution < -0.4 is 0 Å². The molecule has 1 aliphatic rings. The molecule has 0 unspecified atom stereocenters. The first kappa shape index (κ1) is 24.5. The molecule has 0 N–H and O–H groups in total. The molecule has 4 atom stereocenters. The maximum Gasteiger partial charge on any atom is 0.319 e. The van der Waals surface area contributed by atoms with Crippen LogP contribution in [-0.2, 0) is 26.2 Å². The van der Waals surface area contributed by atoms with E-state index in [2.05, 4.69) is 45.0 Å². The highest BCUT2D eigenvalue weighted by Gasteiger charge is 2.46. The van der Waals surface area contributed by atoms with Crippen LogP contribution in [0.1, 0.15) is 65.0 Å². The Morgan fingerprint density at radius 2 is 1.62 bits per heavy atom. The first-order valence-corrected chi connectivity index (χ1v) is 11.9. The van der Waals surface area contributed by atoms with Crippen LogP contribution in [0.5, 0.6) is 0 Å². The van der Waals surface area contributed by atoms with E-state index in [0.717, 1.165) is 24.8 Å². The van der Waals surface area contributed by atoms with E-state index in [4.69, 9.17) is 16.3 Å². The molecule has 4 heteroatoms. The third-order valence-electron chi connectivity index (χ3n) is 7.46. The van der Waals surface area contributed by atoms with Gasteiger partial charge in [-0.1, -0.05) is 81.3 Å². The van der Waals surface area contributed by atoms with Crippen LogP contribution in [0.3, 0.4) is 0 Å². The fraction of sp³-hybridized carbons (Fsp3) is 0.500. The molecule has 172 valence electrons.